The van der Waals surface area contributed by atoms with Gasteiger partial charge in [0, 0.05) is 56.3 Å². The molecule has 366 valence electrons. The number of hydrogen-bond acceptors (Lipinski definition) is 13. The number of nitrogens with zero attached hydrogens (tertiary/aromatic N) is 3. The molecule has 67 heavy (non-hydrogen) atoms. The summed E-state index contributed by atoms with van der Waals surface area (Å²) in [5, 5.41) is 6.60. The molecular formula is C49H68N6O11S. The lowest BCUT2D eigenvalue weighted by molar-refractivity contribution is -0.142. The van der Waals surface area contributed by atoms with Crippen molar-refractivity contribution in [1.82, 2.24) is 30.1 Å². The average Bonchev–Trinajstić information content (AvgIpc) is 4.24. The van der Waals surface area contributed by atoms with Crippen molar-refractivity contribution in [1.29, 1.82) is 0 Å². The Bertz CT molecular complexity index is 2360. The second-order valence-electron chi connectivity index (χ2n) is 21.5. The van der Waals surface area contributed by atoms with E-state index >= 15 is 0 Å². The molecule has 0 radical (unpaired) electrons. The van der Waals surface area contributed by atoms with Gasteiger partial charge in [-0.25, -0.2) is 18.2 Å². The summed E-state index contributed by atoms with van der Waals surface area (Å²) in [5.41, 5.74) is -0.903. The summed E-state index contributed by atoms with van der Waals surface area (Å²) >= 11 is 0. The second kappa shape index (κ2) is 18.4. The van der Waals surface area contributed by atoms with Crippen molar-refractivity contribution in [2.24, 2.45) is 29.1 Å². The van der Waals surface area contributed by atoms with E-state index in [0.29, 0.717) is 50.5 Å². The number of aromatic nitrogens is 1. The number of ether oxygens (including phenoxy) is 5. The fourth-order valence-corrected chi connectivity index (χ4v) is 12.0. The molecule has 1 aromatic carbocycles. The van der Waals surface area contributed by atoms with Crippen LogP contribution in [0.15, 0.2) is 36.9 Å². The van der Waals surface area contributed by atoms with Gasteiger partial charge in [0.1, 0.15) is 41.7 Å². The van der Waals surface area contributed by atoms with Crippen LogP contribution < -0.4 is 24.8 Å². The van der Waals surface area contributed by atoms with Crippen molar-refractivity contribution in [3.05, 3.63) is 42.5 Å². The first kappa shape index (κ1) is 47.5. The van der Waals surface area contributed by atoms with Crippen LogP contribution >= 0.6 is 0 Å². The number of carbonyl (C=O) groups is 4. The quantitative estimate of drug-likeness (QED) is 0.270. The lowest BCUT2D eigenvalue weighted by Gasteiger charge is -2.46. The normalized spacial score (nSPS) is 33.0. The highest BCUT2D eigenvalue weighted by Gasteiger charge is 2.63. The maximum absolute atomic E-state index is 15.0. The van der Waals surface area contributed by atoms with Gasteiger partial charge >= 0.3 is 6.09 Å². The maximum Gasteiger partial charge on any atom is 0.408 e. The number of benzene rings is 1. The molecule has 9 rings (SSSR count). The first-order valence-electron chi connectivity index (χ1n) is 24.3. The molecule has 9 atom stereocenters. The zero-order valence-corrected chi connectivity index (χ0v) is 40.4. The minimum Gasteiger partial charge on any atom is -0.488 e. The van der Waals surface area contributed by atoms with Crippen LogP contribution in [-0.2, 0) is 45.0 Å². The van der Waals surface area contributed by atoms with Gasteiger partial charge in [-0.2, -0.15) is 0 Å². The van der Waals surface area contributed by atoms with Crippen LogP contribution in [0.1, 0.15) is 91.0 Å². The predicted octanol–water partition coefficient (Wildman–Crippen LogP) is 4.26. The molecule has 0 spiro atoms. The minimum atomic E-state index is -4.03. The fourth-order valence-electron chi connectivity index (χ4n) is 10.7. The van der Waals surface area contributed by atoms with E-state index in [9.17, 15) is 27.6 Å². The largest absolute Gasteiger partial charge is 0.488 e. The molecule has 4 amide bonds. The minimum absolute atomic E-state index is 0.0149. The van der Waals surface area contributed by atoms with Crippen molar-refractivity contribution < 1.29 is 51.3 Å². The van der Waals surface area contributed by atoms with Crippen LogP contribution in [0.5, 0.6) is 11.6 Å². The third kappa shape index (κ3) is 9.73. The SMILES string of the molecule is C=C[C@@H]1C[C@]1(NC(=O)[C@@H]1CC2CN1C(=O)[C@H](C(C)(C)C)NC(=O)O[C@@H]1C[C@H]1CCCCCc1c(nc3ccccc3c1OC1C3COCC1CN(CCOC)C3)O2)C(=O)NS(=O)(=O)C1(C)CC1. The topological polar surface area (TPSA) is 204 Å². The molecule has 3 aliphatic carbocycles. The second-order valence-corrected chi connectivity index (χ2v) is 23.7. The standard InChI is InChI=1S/C49H68N6O11S/c1-7-32-23-49(32,45(58)53-67(60,61)48(5)17-18-48)52-42(56)37-22-33-26-55(37)44(57)41(47(2,3)4)51-46(59)65-38-21-29(38)13-9-8-10-15-35-40(34-14-11-12-16-36(34)50-43(35)64-33)66-39-30-24-54(19-20-62-6)25-31(39)28-63-27-30/h7,11-12,14,16,29-33,37-39,41H,1,8-10,13,15,17-28H2,2-6H3,(H,51,59)(H,52,56)(H,53,58)/t29-,30?,31?,32-,33?,37+,38-,39?,41-,49-/m1/s1. The highest BCUT2D eigenvalue weighted by Crippen LogP contribution is 2.48. The van der Waals surface area contributed by atoms with Crippen molar-refractivity contribution >= 4 is 44.7 Å². The number of methoxy groups -OCH3 is 1. The van der Waals surface area contributed by atoms with E-state index in [1.165, 1.54) is 11.0 Å². The monoisotopic (exact) mass is 948 g/mol. The van der Waals surface area contributed by atoms with Gasteiger partial charge in [0.15, 0.2) is 0 Å². The number of sulfonamides is 1. The number of carbonyl (C=O) groups excluding carboxylic acids is 4. The Morgan fingerprint density at radius 1 is 1.03 bits per heavy atom. The molecule has 5 heterocycles. The van der Waals surface area contributed by atoms with E-state index in [-0.39, 0.29) is 49.3 Å². The lowest BCUT2D eigenvalue weighted by Crippen LogP contribution is -2.60. The number of pyridine rings is 1. The highest BCUT2D eigenvalue weighted by atomic mass is 32.2. The molecule has 18 heteroatoms. The molecule has 3 saturated carbocycles. The van der Waals surface area contributed by atoms with Gasteiger partial charge in [0.2, 0.25) is 27.7 Å². The lowest BCUT2D eigenvalue weighted by atomic mass is 9.84. The Morgan fingerprint density at radius 3 is 2.46 bits per heavy atom. The van der Waals surface area contributed by atoms with Gasteiger partial charge in [-0.05, 0) is 75.3 Å². The molecular weight excluding hydrogens is 881 g/mol. The first-order chi connectivity index (χ1) is 31.9. The Kier molecular flexibility index (Phi) is 13.1. The van der Waals surface area contributed by atoms with Crippen molar-refractivity contribution in [3.8, 4) is 11.6 Å². The fraction of sp³-hybridized carbons (Fsp3) is 0.694. The molecule has 6 fully saturated rings. The van der Waals surface area contributed by atoms with Crippen molar-refractivity contribution in [2.45, 2.75) is 133 Å². The Balaban J connectivity index is 1.06. The third-order valence-corrected chi connectivity index (χ3v) is 17.5. The zero-order valence-electron chi connectivity index (χ0n) is 39.6. The number of para-hydroxylation sites is 1. The zero-order chi connectivity index (χ0) is 47.5. The smallest absolute Gasteiger partial charge is 0.408 e. The third-order valence-electron chi connectivity index (χ3n) is 15.3. The van der Waals surface area contributed by atoms with Gasteiger partial charge in [0.05, 0.1) is 42.2 Å². The van der Waals surface area contributed by atoms with Gasteiger partial charge < -0.3 is 44.1 Å². The molecule has 2 aromatic rings. The van der Waals surface area contributed by atoms with Gasteiger partial charge in [-0.1, -0.05) is 51.8 Å². The van der Waals surface area contributed by atoms with Crippen LogP contribution in [0, 0.1) is 29.1 Å². The van der Waals surface area contributed by atoms with Crippen LogP contribution in [0.2, 0.25) is 0 Å². The van der Waals surface area contributed by atoms with Gasteiger partial charge in [-0.15, -0.1) is 6.58 Å². The summed E-state index contributed by atoms with van der Waals surface area (Å²) in [4.78, 5) is 66.1. The number of fused-ring (bicyclic) bond motifs is 7. The van der Waals surface area contributed by atoms with E-state index in [2.05, 4.69) is 26.8 Å². The Hall–Kier alpha value is -4.52. The van der Waals surface area contributed by atoms with Gasteiger partial charge in [0.25, 0.3) is 5.91 Å². The number of hydrogen-bond donors (Lipinski definition) is 3. The summed E-state index contributed by atoms with van der Waals surface area (Å²) in [6.45, 7) is 15.1. The Labute approximate surface area is 393 Å². The Morgan fingerprint density at radius 2 is 1.78 bits per heavy atom. The number of rotatable bonds is 11. The molecule has 4 bridgehead atoms. The summed E-state index contributed by atoms with van der Waals surface area (Å²) in [7, 11) is -2.31. The summed E-state index contributed by atoms with van der Waals surface area (Å²) < 4.78 is 59.3. The highest BCUT2D eigenvalue weighted by molar-refractivity contribution is 7.91. The van der Waals surface area contributed by atoms with Gasteiger partial charge in [-0.3, -0.25) is 19.1 Å². The summed E-state index contributed by atoms with van der Waals surface area (Å²) in [6, 6.07) is 5.59. The van der Waals surface area contributed by atoms with E-state index in [1.54, 1.807) is 14.0 Å². The number of nitrogens with one attached hydrogen (secondary N) is 3. The van der Waals surface area contributed by atoms with E-state index in [1.807, 2.05) is 45.0 Å². The molecule has 3 unspecified atom stereocenters. The number of piperidine rings is 1. The molecule has 7 aliphatic rings. The molecule has 4 aliphatic heterocycles. The van der Waals surface area contributed by atoms with Crippen LogP contribution in [-0.4, -0.2) is 141 Å². The first-order valence-corrected chi connectivity index (χ1v) is 25.7. The molecule has 1 aromatic heterocycles. The number of alkyl carbamates (subject to hydrolysis) is 1. The van der Waals surface area contributed by atoms with E-state index in [4.69, 9.17) is 28.7 Å². The summed E-state index contributed by atoms with van der Waals surface area (Å²) in [5.74, 6) is -1.000. The maximum atomic E-state index is 15.0. The molecule has 3 saturated heterocycles. The van der Waals surface area contributed by atoms with Crippen LogP contribution in [0.3, 0.4) is 0 Å². The average molecular weight is 949 g/mol. The summed E-state index contributed by atoms with van der Waals surface area (Å²) in [6.07, 6.45) is 5.61. The number of amides is 4. The van der Waals surface area contributed by atoms with Crippen LogP contribution in [0.4, 0.5) is 4.79 Å². The predicted molar refractivity (Wildman–Crippen MR) is 248 cm³/mol. The van der Waals surface area contributed by atoms with Crippen LogP contribution in [0.25, 0.3) is 10.9 Å². The van der Waals surface area contributed by atoms with E-state index in [0.717, 1.165) is 68.4 Å². The molecule has 17 nitrogen and oxygen atoms in total. The van der Waals surface area contributed by atoms with Crippen molar-refractivity contribution in [3.63, 3.8) is 0 Å². The number of likely N-dealkylation sites (tertiary alicyclic amines) is 1. The molecule has 3 N–H and O–H groups in total. The van der Waals surface area contributed by atoms with Crippen molar-refractivity contribution in [2.75, 3.05) is 53.1 Å². The van der Waals surface area contributed by atoms with E-state index < -0.39 is 73.6 Å².